The van der Waals surface area contributed by atoms with E-state index < -0.39 is 9.84 Å². The zero-order valence-corrected chi connectivity index (χ0v) is 12.9. The first-order valence-corrected chi connectivity index (χ1v) is 8.52. The van der Waals surface area contributed by atoms with E-state index in [0.717, 1.165) is 11.1 Å². The maximum absolute atomic E-state index is 11.8. The van der Waals surface area contributed by atoms with Crippen molar-refractivity contribution >= 4 is 9.84 Å². The minimum atomic E-state index is -3.12. The monoisotopic (exact) mass is 288 g/mol. The van der Waals surface area contributed by atoms with Crippen LogP contribution < -0.4 is 0 Å². The molecule has 0 saturated carbocycles. The van der Waals surface area contributed by atoms with Gasteiger partial charge in [0.1, 0.15) is 0 Å². The number of benzene rings is 2. The van der Waals surface area contributed by atoms with Crippen molar-refractivity contribution in [2.75, 3.05) is 5.75 Å². The van der Waals surface area contributed by atoms with E-state index in [2.05, 4.69) is 32.0 Å². The minimum Gasteiger partial charge on any atom is -0.224 e. The van der Waals surface area contributed by atoms with Crippen LogP contribution in [0.15, 0.2) is 53.4 Å². The lowest BCUT2D eigenvalue weighted by molar-refractivity contribution is 0.597. The van der Waals surface area contributed by atoms with Crippen molar-refractivity contribution in [1.82, 2.24) is 0 Å². The third kappa shape index (κ3) is 3.10. The van der Waals surface area contributed by atoms with Crippen LogP contribution in [0, 0.1) is 0 Å². The van der Waals surface area contributed by atoms with Gasteiger partial charge in [0, 0.05) is 0 Å². The first kappa shape index (κ1) is 14.8. The molecule has 0 aliphatic heterocycles. The molecule has 106 valence electrons. The van der Waals surface area contributed by atoms with E-state index in [9.17, 15) is 8.42 Å². The summed E-state index contributed by atoms with van der Waals surface area (Å²) in [4.78, 5) is 0.392. The number of rotatable bonds is 4. The van der Waals surface area contributed by atoms with Gasteiger partial charge in [-0.05, 0) is 34.7 Å². The molecule has 20 heavy (non-hydrogen) atoms. The van der Waals surface area contributed by atoms with E-state index in [-0.39, 0.29) is 5.75 Å². The topological polar surface area (TPSA) is 34.1 Å². The van der Waals surface area contributed by atoms with Gasteiger partial charge in [-0.2, -0.15) is 0 Å². The summed E-state index contributed by atoms with van der Waals surface area (Å²) >= 11 is 0. The lowest BCUT2D eigenvalue weighted by atomic mass is 9.97. The predicted molar refractivity (Wildman–Crippen MR) is 83.7 cm³/mol. The highest BCUT2D eigenvalue weighted by Gasteiger charge is 2.11. The average molecular weight is 288 g/mol. The molecule has 0 fully saturated rings. The average Bonchev–Trinajstić information content (AvgIpc) is 2.47. The predicted octanol–water partition coefficient (Wildman–Crippen LogP) is 4.27. The van der Waals surface area contributed by atoms with Gasteiger partial charge in [0.2, 0.25) is 0 Å². The van der Waals surface area contributed by atoms with Crippen molar-refractivity contribution in [3.8, 4) is 11.1 Å². The molecule has 0 heterocycles. The molecule has 2 rings (SSSR count). The summed E-state index contributed by atoms with van der Waals surface area (Å²) in [5.41, 5.74) is 3.45. The largest absolute Gasteiger partial charge is 0.224 e. The van der Waals surface area contributed by atoms with Gasteiger partial charge in [0.25, 0.3) is 0 Å². The Labute approximate surface area is 121 Å². The second kappa shape index (κ2) is 5.80. The zero-order valence-electron chi connectivity index (χ0n) is 12.1. The van der Waals surface area contributed by atoms with Gasteiger partial charge < -0.3 is 0 Å². The van der Waals surface area contributed by atoms with E-state index in [4.69, 9.17) is 0 Å². The Hall–Kier alpha value is -1.61. The Kier molecular flexibility index (Phi) is 4.29. The molecule has 0 saturated heterocycles. The second-order valence-corrected chi connectivity index (χ2v) is 7.49. The highest BCUT2D eigenvalue weighted by molar-refractivity contribution is 7.91. The van der Waals surface area contributed by atoms with E-state index in [1.165, 1.54) is 5.56 Å². The molecule has 0 N–H and O–H groups in total. The van der Waals surface area contributed by atoms with Gasteiger partial charge >= 0.3 is 0 Å². The molecule has 0 aliphatic rings. The Morgan fingerprint density at radius 3 is 2.15 bits per heavy atom. The molecule has 0 amide bonds. The van der Waals surface area contributed by atoms with E-state index in [1.54, 1.807) is 19.1 Å². The van der Waals surface area contributed by atoms with Crippen LogP contribution in [0.2, 0.25) is 0 Å². The summed E-state index contributed by atoms with van der Waals surface area (Å²) in [6.45, 7) is 5.99. The molecule has 0 unspecified atom stereocenters. The lowest BCUT2D eigenvalue weighted by Crippen LogP contribution is -2.03. The summed E-state index contributed by atoms with van der Waals surface area (Å²) in [7, 11) is -3.12. The van der Waals surface area contributed by atoms with Gasteiger partial charge in [0.15, 0.2) is 9.84 Å². The molecule has 0 bridgehead atoms. The molecule has 0 radical (unpaired) electrons. The Morgan fingerprint density at radius 1 is 0.950 bits per heavy atom. The van der Waals surface area contributed by atoms with Crippen LogP contribution >= 0.6 is 0 Å². The van der Waals surface area contributed by atoms with Gasteiger partial charge in [-0.15, -0.1) is 0 Å². The van der Waals surface area contributed by atoms with Crippen molar-refractivity contribution in [3.05, 3.63) is 54.1 Å². The summed E-state index contributed by atoms with van der Waals surface area (Å²) in [5, 5.41) is 0. The third-order valence-electron chi connectivity index (χ3n) is 3.48. The summed E-state index contributed by atoms with van der Waals surface area (Å²) in [6.07, 6.45) is 0. The fourth-order valence-electron chi connectivity index (χ4n) is 2.10. The van der Waals surface area contributed by atoms with Crippen LogP contribution in [0.4, 0.5) is 0 Å². The van der Waals surface area contributed by atoms with Crippen molar-refractivity contribution < 1.29 is 8.42 Å². The van der Waals surface area contributed by atoms with Gasteiger partial charge in [-0.3, -0.25) is 0 Å². The Morgan fingerprint density at radius 2 is 1.60 bits per heavy atom. The maximum Gasteiger partial charge on any atom is 0.178 e. The van der Waals surface area contributed by atoms with Crippen molar-refractivity contribution in [3.63, 3.8) is 0 Å². The molecular weight excluding hydrogens is 268 g/mol. The zero-order chi connectivity index (χ0) is 14.8. The standard InChI is InChI=1S/C17H20O2S/c1-4-20(18,19)17-10-8-14(9-11-17)16-7-5-6-15(12-16)13(2)3/h5-13H,4H2,1-3H3. The first-order valence-electron chi connectivity index (χ1n) is 6.87. The van der Waals surface area contributed by atoms with Crippen LogP contribution in [0.25, 0.3) is 11.1 Å². The highest BCUT2D eigenvalue weighted by Crippen LogP contribution is 2.25. The van der Waals surface area contributed by atoms with E-state index >= 15 is 0 Å². The quantitative estimate of drug-likeness (QED) is 0.842. The normalized spacial score (nSPS) is 11.8. The maximum atomic E-state index is 11.8. The summed E-state index contributed by atoms with van der Waals surface area (Å²) in [6, 6.07) is 15.5. The number of hydrogen-bond donors (Lipinski definition) is 0. The molecule has 2 aromatic rings. The van der Waals surface area contributed by atoms with E-state index in [1.807, 2.05) is 18.2 Å². The lowest BCUT2D eigenvalue weighted by Gasteiger charge is -2.09. The van der Waals surface area contributed by atoms with E-state index in [0.29, 0.717) is 10.8 Å². The molecule has 0 aromatic heterocycles. The van der Waals surface area contributed by atoms with Crippen molar-refractivity contribution in [1.29, 1.82) is 0 Å². The Balaban J connectivity index is 2.38. The first-order chi connectivity index (χ1) is 9.44. The van der Waals surface area contributed by atoms with Gasteiger partial charge in [0.05, 0.1) is 10.6 Å². The van der Waals surface area contributed by atoms with Gasteiger partial charge in [-0.25, -0.2) is 8.42 Å². The molecular formula is C17H20O2S. The van der Waals surface area contributed by atoms with Crippen LogP contribution in [0.5, 0.6) is 0 Å². The fourth-order valence-corrected chi connectivity index (χ4v) is 2.98. The number of sulfone groups is 1. The van der Waals surface area contributed by atoms with Crippen LogP contribution in [0.3, 0.4) is 0 Å². The smallest absolute Gasteiger partial charge is 0.178 e. The fraction of sp³-hybridized carbons (Fsp3) is 0.294. The van der Waals surface area contributed by atoms with Crippen LogP contribution in [-0.4, -0.2) is 14.2 Å². The molecule has 3 heteroatoms. The highest BCUT2D eigenvalue weighted by atomic mass is 32.2. The molecule has 2 nitrogen and oxygen atoms in total. The second-order valence-electron chi connectivity index (χ2n) is 5.21. The summed E-state index contributed by atoms with van der Waals surface area (Å²) in [5.74, 6) is 0.615. The minimum absolute atomic E-state index is 0.134. The van der Waals surface area contributed by atoms with Gasteiger partial charge in [-0.1, -0.05) is 57.2 Å². The van der Waals surface area contributed by atoms with Crippen molar-refractivity contribution in [2.45, 2.75) is 31.6 Å². The van der Waals surface area contributed by atoms with Crippen molar-refractivity contribution in [2.24, 2.45) is 0 Å². The third-order valence-corrected chi connectivity index (χ3v) is 5.23. The Bertz CT molecular complexity index is 683. The molecule has 0 atom stereocenters. The number of hydrogen-bond acceptors (Lipinski definition) is 2. The summed E-state index contributed by atoms with van der Waals surface area (Å²) < 4.78 is 23.6. The SMILES string of the molecule is CCS(=O)(=O)c1ccc(-c2cccc(C(C)C)c2)cc1. The van der Waals surface area contributed by atoms with Crippen LogP contribution in [-0.2, 0) is 9.84 Å². The molecule has 0 spiro atoms. The molecule has 0 aliphatic carbocycles. The molecule has 2 aromatic carbocycles. The van der Waals surface area contributed by atoms with Crippen LogP contribution in [0.1, 0.15) is 32.3 Å².